The molecule has 2 fully saturated rings. The SMILES string of the molecule is O=C(O)c1cc(NC(=O)C2(c3ccc(OC(F)(F)F)cc3F)CC2)cc(F)c1-c1cnn(C2CCC2)c1. The number of benzene rings is 2. The quantitative estimate of drug-likeness (QED) is 0.382. The fraction of sp³-hybridized carbons (Fsp3) is 0.320. The summed E-state index contributed by atoms with van der Waals surface area (Å²) < 4.78 is 72.5. The van der Waals surface area contributed by atoms with Crippen molar-refractivity contribution in [1.82, 2.24) is 9.78 Å². The van der Waals surface area contributed by atoms with Crippen LogP contribution in [0.3, 0.4) is 0 Å². The van der Waals surface area contributed by atoms with Gasteiger partial charge in [-0.05, 0) is 50.3 Å². The zero-order valence-corrected chi connectivity index (χ0v) is 19.1. The van der Waals surface area contributed by atoms with Crippen LogP contribution in [0.5, 0.6) is 5.75 Å². The fourth-order valence-corrected chi connectivity index (χ4v) is 4.53. The predicted molar refractivity (Wildman–Crippen MR) is 120 cm³/mol. The Morgan fingerprint density at radius 1 is 1.11 bits per heavy atom. The second kappa shape index (κ2) is 8.86. The van der Waals surface area contributed by atoms with E-state index in [9.17, 15) is 32.3 Å². The number of amides is 1. The first kappa shape index (κ1) is 24.7. The summed E-state index contributed by atoms with van der Waals surface area (Å²) in [5.41, 5.74) is -1.97. The van der Waals surface area contributed by atoms with E-state index >= 15 is 4.39 Å². The zero-order valence-electron chi connectivity index (χ0n) is 19.1. The first-order valence-electron chi connectivity index (χ1n) is 11.5. The molecule has 0 radical (unpaired) electrons. The van der Waals surface area contributed by atoms with Crippen LogP contribution in [0.25, 0.3) is 11.1 Å². The number of alkyl halides is 3. The second-order valence-electron chi connectivity index (χ2n) is 9.21. The predicted octanol–water partition coefficient (Wildman–Crippen LogP) is 5.82. The molecular weight excluding hydrogens is 501 g/mol. The molecule has 2 N–H and O–H groups in total. The molecule has 0 aliphatic heterocycles. The third-order valence-electron chi connectivity index (χ3n) is 6.79. The van der Waals surface area contributed by atoms with Gasteiger partial charge in [0.05, 0.1) is 23.2 Å². The van der Waals surface area contributed by atoms with Crippen molar-refractivity contribution in [2.24, 2.45) is 0 Å². The van der Waals surface area contributed by atoms with E-state index in [0.717, 1.165) is 43.5 Å². The van der Waals surface area contributed by atoms with Gasteiger partial charge in [-0.2, -0.15) is 5.10 Å². The Kier molecular flexibility index (Phi) is 5.92. The lowest BCUT2D eigenvalue weighted by Crippen LogP contribution is -2.29. The van der Waals surface area contributed by atoms with Gasteiger partial charge in [0.1, 0.15) is 17.4 Å². The van der Waals surface area contributed by atoms with Crippen LogP contribution in [-0.2, 0) is 10.2 Å². The second-order valence-corrected chi connectivity index (χ2v) is 9.21. The Balaban J connectivity index is 1.40. The smallest absolute Gasteiger partial charge is 0.478 e. The monoisotopic (exact) mass is 521 g/mol. The van der Waals surface area contributed by atoms with Crippen LogP contribution in [0.15, 0.2) is 42.7 Å². The number of nitrogens with one attached hydrogen (secondary N) is 1. The Bertz CT molecular complexity index is 1390. The summed E-state index contributed by atoms with van der Waals surface area (Å²) in [5, 5.41) is 16.4. The van der Waals surface area contributed by atoms with E-state index in [1.54, 1.807) is 10.9 Å². The molecule has 12 heteroatoms. The summed E-state index contributed by atoms with van der Waals surface area (Å²) in [4.78, 5) is 25.0. The van der Waals surface area contributed by atoms with Crippen LogP contribution in [0.4, 0.5) is 27.6 Å². The van der Waals surface area contributed by atoms with Crippen LogP contribution < -0.4 is 10.1 Å². The lowest BCUT2D eigenvalue weighted by atomic mass is 9.93. The number of halogens is 5. The Hall–Kier alpha value is -3.96. The summed E-state index contributed by atoms with van der Waals surface area (Å²) in [6.07, 6.45) is 1.28. The van der Waals surface area contributed by atoms with Gasteiger partial charge in [-0.1, -0.05) is 6.07 Å². The van der Waals surface area contributed by atoms with Crippen LogP contribution >= 0.6 is 0 Å². The van der Waals surface area contributed by atoms with E-state index in [1.165, 1.54) is 6.20 Å². The summed E-state index contributed by atoms with van der Waals surface area (Å²) in [5.74, 6) is -4.89. The molecule has 2 aromatic carbocycles. The van der Waals surface area contributed by atoms with Gasteiger partial charge >= 0.3 is 12.3 Å². The molecule has 2 saturated carbocycles. The van der Waals surface area contributed by atoms with Gasteiger partial charge in [0, 0.05) is 34.6 Å². The van der Waals surface area contributed by atoms with Crippen LogP contribution in [0.2, 0.25) is 0 Å². The number of rotatable bonds is 7. The molecule has 194 valence electrons. The van der Waals surface area contributed by atoms with Crippen molar-refractivity contribution in [3.8, 4) is 16.9 Å². The highest BCUT2D eigenvalue weighted by Gasteiger charge is 2.53. The molecule has 2 aliphatic carbocycles. The molecule has 5 rings (SSSR count). The topological polar surface area (TPSA) is 93.5 Å². The Labute approximate surface area is 206 Å². The number of aromatic nitrogens is 2. The van der Waals surface area contributed by atoms with Crippen molar-refractivity contribution >= 4 is 17.6 Å². The molecule has 37 heavy (non-hydrogen) atoms. The standard InChI is InChI=1S/C25H20F5N3O4/c26-19-10-16(37-25(28,29)30)4-5-18(19)24(6-7-24)23(36)32-14-8-17(22(34)35)21(20(27)9-14)13-11-31-33(12-13)15-2-1-3-15/h4-5,8-12,15H,1-3,6-7H2,(H,32,36)(H,34,35). The number of ether oxygens (including phenoxy) is 1. The number of anilines is 1. The van der Waals surface area contributed by atoms with Crippen molar-refractivity contribution in [2.45, 2.75) is 49.9 Å². The van der Waals surface area contributed by atoms with Crippen molar-refractivity contribution < 1.29 is 41.4 Å². The average Bonchev–Trinajstić information content (AvgIpc) is 3.43. The molecule has 0 bridgehead atoms. The Morgan fingerprint density at radius 3 is 2.41 bits per heavy atom. The molecule has 0 saturated heterocycles. The third kappa shape index (κ3) is 4.75. The minimum Gasteiger partial charge on any atom is -0.478 e. The molecule has 3 aromatic rings. The van der Waals surface area contributed by atoms with Gasteiger partial charge < -0.3 is 15.2 Å². The number of hydrogen-bond donors (Lipinski definition) is 2. The summed E-state index contributed by atoms with van der Waals surface area (Å²) in [6.45, 7) is 0. The molecule has 2 aliphatic rings. The summed E-state index contributed by atoms with van der Waals surface area (Å²) in [7, 11) is 0. The molecule has 1 aromatic heterocycles. The zero-order chi connectivity index (χ0) is 26.5. The molecule has 0 atom stereocenters. The van der Waals surface area contributed by atoms with E-state index in [0.29, 0.717) is 6.07 Å². The minimum absolute atomic E-state index is 0.140. The van der Waals surface area contributed by atoms with Crippen molar-refractivity contribution in [1.29, 1.82) is 0 Å². The van der Waals surface area contributed by atoms with Gasteiger partial charge in [-0.25, -0.2) is 13.6 Å². The molecular formula is C25H20F5N3O4. The maximum atomic E-state index is 15.2. The molecule has 1 amide bonds. The van der Waals surface area contributed by atoms with Gasteiger partial charge in [0.2, 0.25) is 5.91 Å². The van der Waals surface area contributed by atoms with Gasteiger partial charge in [-0.15, -0.1) is 13.2 Å². The Morgan fingerprint density at radius 2 is 1.84 bits per heavy atom. The number of carbonyl (C=O) groups excluding carboxylic acids is 1. The average molecular weight is 521 g/mol. The number of nitrogens with zero attached hydrogens (tertiary/aromatic N) is 2. The van der Waals surface area contributed by atoms with E-state index in [-0.39, 0.29) is 41.3 Å². The van der Waals surface area contributed by atoms with E-state index in [4.69, 9.17) is 0 Å². The van der Waals surface area contributed by atoms with Crippen LogP contribution in [-0.4, -0.2) is 33.1 Å². The summed E-state index contributed by atoms with van der Waals surface area (Å²) in [6, 6.07) is 4.73. The molecule has 7 nitrogen and oxygen atoms in total. The number of carboxylic acids is 1. The normalized spacial score (nSPS) is 16.7. The van der Waals surface area contributed by atoms with Crippen LogP contribution in [0.1, 0.15) is 54.1 Å². The third-order valence-corrected chi connectivity index (χ3v) is 6.79. The fourth-order valence-electron chi connectivity index (χ4n) is 4.53. The maximum Gasteiger partial charge on any atom is 0.573 e. The number of carbonyl (C=O) groups is 2. The molecule has 1 heterocycles. The van der Waals surface area contributed by atoms with Gasteiger partial charge in [0.15, 0.2) is 0 Å². The number of carboxylic acid groups (broad SMARTS) is 1. The molecule has 0 unspecified atom stereocenters. The number of aromatic carboxylic acids is 1. The van der Waals surface area contributed by atoms with Crippen molar-refractivity contribution in [3.05, 3.63) is 65.5 Å². The van der Waals surface area contributed by atoms with Crippen LogP contribution in [0, 0.1) is 11.6 Å². The van der Waals surface area contributed by atoms with E-state index in [1.807, 2.05) is 0 Å². The highest BCUT2D eigenvalue weighted by molar-refractivity contribution is 6.03. The summed E-state index contributed by atoms with van der Waals surface area (Å²) >= 11 is 0. The highest BCUT2D eigenvalue weighted by atomic mass is 19.4. The van der Waals surface area contributed by atoms with Crippen molar-refractivity contribution in [3.63, 3.8) is 0 Å². The lowest BCUT2D eigenvalue weighted by molar-refractivity contribution is -0.274. The van der Waals surface area contributed by atoms with E-state index < -0.39 is 46.6 Å². The van der Waals surface area contributed by atoms with Gasteiger partial charge in [0.25, 0.3) is 0 Å². The first-order valence-corrected chi connectivity index (χ1v) is 11.5. The van der Waals surface area contributed by atoms with E-state index in [2.05, 4.69) is 15.2 Å². The minimum atomic E-state index is -5.00. The number of hydrogen-bond acceptors (Lipinski definition) is 4. The first-order chi connectivity index (χ1) is 17.5. The lowest BCUT2D eigenvalue weighted by Gasteiger charge is -2.25. The maximum absolute atomic E-state index is 15.2. The highest BCUT2D eigenvalue weighted by Crippen LogP contribution is 2.50. The van der Waals surface area contributed by atoms with Gasteiger partial charge in [-0.3, -0.25) is 9.48 Å². The largest absolute Gasteiger partial charge is 0.573 e. The van der Waals surface area contributed by atoms with Crippen molar-refractivity contribution in [2.75, 3.05) is 5.32 Å². The molecule has 0 spiro atoms.